The van der Waals surface area contributed by atoms with Crippen molar-refractivity contribution < 1.29 is 29.0 Å². The van der Waals surface area contributed by atoms with Crippen LogP contribution in [0.25, 0.3) is 0 Å². The van der Waals surface area contributed by atoms with Gasteiger partial charge in [-0.2, -0.15) is 0 Å². The molecule has 8 nitrogen and oxygen atoms in total. The molecular formula is C29H28N2O6. The Balaban J connectivity index is 1.54. The molecule has 6 rings (SSSR count). The number of carbonyl (C=O) groups excluding carboxylic acids is 4. The standard InChI is InChI=1S/C29H28N2O6/c1-29-20(26(34)31(28(29)36)16-7-5-4-6-8-16)14-19-17(10-11-18-23(19)27(35)30(2)25(18)33)24(29)15-9-12-22(37-3)21(32)13-15/h4-10,12-13,18-20,23-24,32H,11,14H2,1-3H3/t18-,19+,20-,23-,24-,29+/m0/s1. The molecular weight excluding hydrogens is 472 g/mol. The fraction of sp³-hybridized carbons (Fsp3) is 0.379. The molecule has 2 heterocycles. The number of methoxy groups -OCH3 is 1. The van der Waals surface area contributed by atoms with Crippen molar-refractivity contribution in [3.63, 3.8) is 0 Å². The van der Waals surface area contributed by atoms with Crippen molar-refractivity contribution in [2.24, 2.45) is 29.1 Å². The van der Waals surface area contributed by atoms with Gasteiger partial charge in [0.2, 0.25) is 23.6 Å². The second kappa shape index (κ2) is 8.03. The summed E-state index contributed by atoms with van der Waals surface area (Å²) in [6.07, 6.45) is 2.70. The third kappa shape index (κ3) is 3.01. The Labute approximate surface area is 214 Å². The molecule has 4 aliphatic rings. The number of hydrogen-bond acceptors (Lipinski definition) is 6. The van der Waals surface area contributed by atoms with E-state index in [0.717, 1.165) is 5.57 Å². The van der Waals surface area contributed by atoms with Crippen LogP contribution in [0, 0.1) is 29.1 Å². The number of rotatable bonds is 3. The number of phenols is 1. The van der Waals surface area contributed by atoms with E-state index in [2.05, 4.69) is 0 Å². The fourth-order valence-corrected chi connectivity index (χ4v) is 7.26. The van der Waals surface area contributed by atoms with E-state index in [4.69, 9.17) is 4.74 Å². The van der Waals surface area contributed by atoms with Gasteiger partial charge in [0.05, 0.1) is 36.0 Å². The molecule has 6 atom stereocenters. The van der Waals surface area contributed by atoms with E-state index in [1.54, 1.807) is 42.5 Å². The van der Waals surface area contributed by atoms with E-state index < -0.39 is 29.1 Å². The van der Waals surface area contributed by atoms with E-state index in [9.17, 15) is 24.3 Å². The van der Waals surface area contributed by atoms with Crippen LogP contribution in [0.1, 0.15) is 31.2 Å². The van der Waals surface area contributed by atoms with Gasteiger partial charge in [-0.3, -0.25) is 24.1 Å². The number of ether oxygens (including phenoxy) is 1. The van der Waals surface area contributed by atoms with Gasteiger partial charge >= 0.3 is 0 Å². The summed E-state index contributed by atoms with van der Waals surface area (Å²) in [6, 6.07) is 13.9. The first-order chi connectivity index (χ1) is 17.7. The molecule has 1 saturated carbocycles. The predicted octanol–water partition coefficient (Wildman–Crippen LogP) is 3.26. The van der Waals surface area contributed by atoms with E-state index in [-0.39, 0.29) is 35.3 Å². The minimum Gasteiger partial charge on any atom is -0.504 e. The summed E-state index contributed by atoms with van der Waals surface area (Å²) in [5.74, 6) is -3.44. The Morgan fingerprint density at radius 2 is 1.70 bits per heavy atom. The number of likely N-dealkylation sites (tertiary alicyclic amines) is 1. The first-order valence-corrected chi connectivity index (χ1v) is 12.5. The van der Waals surface area contributed by atoms with Crippen LogP contribution < -0.4 is 9.64 Å². The molecule has 2 saturated heterocycles. The van der Waals surface area contributed by atoms with Gasteiger partial charge < -0.3 is 9.84 Å². The lowest BCUT2D eigenvalue weighted by Gasteiger charge is -2.49. The van der Waals surface area contributed by atoms with Crippen LogP contribution in [-0.4, -0.2) is 47.8 Å². The molecule has 4 amide bonds. The van der Waals surface area contributed by atoms with Gasteiger partial charge in [0.25, 0.3) is 0 Å². The average molecular weight is 501 g/mol. The number of hydrogen-bond donors (Lipinski definition) is 1. The highest BCUT2D eigenvalue weighted by molar-refractivity contribution is 6.24. The van der Waals surface area contributed by atoms with Crippen LogP contribution >= 0.6 is 0 Å². The van der Waals surface area contributed by atoms with E-state index in [0.29, 0.717) is 29.8 Å². The minimum absolute atomic E-state index is 0.0694. The Kier molecular flexibility index (Phi) is 5.09. The van der Waals surface area contributed by atoms with Gasteiger partial charge in [0, 0.05) is 13.0 Å². The second-order valence-corrected chi connectivity index (χ2v) is 10.7. The molecule has 3 fully saturated rings. The number of para-hydroxylation sites is 1. The summed E-state index contributed by atoms with van der Waals surface area (Å²) in [5.41, 5.74) is 0.922. The van der Waals surface area contributed by atoms with Gasteiger partial charge in [0.1, 0.15) is 0 Å². The number of imide groups is 2. The van der Waals surface area contributed by atoms with Gasteiger partial charge in [-0.1, -0.05) is 35.9 Å². The normalized spacial score (nSPS) is 32.7. The maximum Gasteiger partial charge on any atom is 0.241 e. The molecule has 0 radical (unpaired) electrons. The summed E-state index contributed by atoms with van der Waals surface area (Å²) in [6.45, 7) is 1.82. The third-order valence-electron chi connectivity index (χ3n) is 9.05. The number of anilines is 1. The number of amides is 4. The largest absolute Gasteiger partial charge is 0.504 e. The molecule has 0 spiro atoms. The summed E-state index contributed by atoms with van der Waals surface area (Å²) in [5, 5.41) is 10.6. The van der Waals surface area contributed by atoms with Crippen molar-refractivity contribution in [1.29, 1.82) is 0 Å². The number of fused-ring (bicyclic) bond motifs is 4. The molecule has 1 N–H and O–H groups in total. The van der Waals surface area contributed by atoms with Crippen LogP contribution in [0.4, 0.5) is 5.69 Å². The Hall–Kier alpha value is -3.94. The summed E-state index contributed by atoms with van der Waals surface area (Å²) >= 11 is 0. The quantitative estimate of drug-likeness (QED) is 0.513. The first kappa shape index (κ1) is 23.5. The first-order valence-electron chi connectivity index (χ1n) is 12.5. The zero-order chi connectivity index (χ0) is 26.2. The highest BCUT2D eigenvalue weighted by Gasteiger charge is 2.67. The van der Waals surface area contributed by atoms with Crippen molar-refractivity contribution >= 4 is 29.3 Å². The summed E-state index contributed by atoms with van der Waals surface area (Å²) in [4.78, 5) is 56.7. The van der Waals surface area contributed by atoms with Gasteiger partial charge in [0.15, 0.2) is 11.5 Å². The molecule has 190 valence electrons. The number of aromatic hydroxyl groups is 1. The van der Waals surface area contributed by atoms with Crippen LogP contribution in [-0.2, 0) is 19.2 Å². The highest BCUT2D eigenvalue weighted by atomic mass is 16.5. The molecule has 2 aliphatic heterocycles. The van der Waals surface area contributed by atoms with Crippen molar-refractivity contribution in [2.45, 2.75) is 25.7 Å². The smallest absolute Gasteiger partial charge is 0.241 e. The SMILES string of the molecule is COc1ccc([C@H]2C3=CC[C@@H]4C(=O)N(C)C(=O)[C@@H]4[C@@H]3C[C@H]3C(=O)N(c4ccccc4)C(=O)[C@@]23C)cc1O. The van der Waals surface area contributed by atoms with Crippen molar-refractivity contribution in [2.75, 3.05) is 19.1 Å². The topological polar surface area (TPSA) is 104 Å². The summed E-state index contributed by atoms with van der Waals surface area (Å²) < 4.78 is 5.23. The molecule has 37 heavy (non-hydrogen) atoms. The van der Waals surface area contributed by atoms with Gasteiger partial charge in [-0.15, -0.1) is 0 Å². The van der Waals surface area contributed by atoms with Crippen LogP contribution in [0.15, 0.2) is 60.2 Å². The maximum atomic E-state index is 14.2. The molecule has 8 heteroatoms. The van der Waals surface area contributed by atoms with Crippen LogP contribution in [0.5, 0.6) is 11.5 Å². The minimum atomic E-state index is -1.14. The van der Waals surface area contributed by atoms with E-state index >= 15 is 0 Å². The molecule has 0 aromatic heterocycles. The lowest BCUT2D eigenvalue weighted by atomic mass is 9.51. The third-order valence-corrected chi connectivity index (χ3v) is 9.05. The van der Waals surface area contributed by atoms with E-state index in [1.165, 1.54) is 24.0 Å². The number of allylic oxidation sites excluding steroid dienone is 2. The van der Waals surface area contributed by atoms with Crippen LogP contribution in [0.3, 0.4) is 0 Å². The Bertz CT molecular complexity index is 1380. The predicted molar refractivity (Wildman–Crippen MR) is 133 cm³/mol. The maximum absolute atomic E-state index is 14.2. The fourth-order valence-electron chi connectivity index (χ4n) is 7.26. The van der Waals surface area contributed by atoms with Crippen molar-refractivity contribution in [3.8, 4) is 11.5 Å². The lowest BCUT2D eigenvalue weighted by Crippen LogP contribution is -2.48. The average Bonchev–Trinajstić information content (AvgIpc) is 3.24. The molecule has 0 bridgehead atoms. The second-order valence-electron chi connectivity index (χ2n) is 10.7. The van der Waals surface area contributed by atoms with E-state index in [1.807, 2.05) is 19.1 Å². The lowest BCUT2D eigenvalue weighted by molar-refractivity contribution is -0.138. The molecule has 2 aliphatic carbocycles. The summed E-state index contributed by atoms with van der Waals surface area (Å²) in [7, 11) is 2.97. The van der Waals surface area contributed by atoms with Crippen molar-refractivity contribution in [1.82, 2.24) is 4.90 Å². The number of carbonyl (C=O) groups is 4. The highest BCUT2D eigenvalue weighted by Crippen LogP contribution is 2.63. The van der Waals surface area contributed by atoms with Gasteiger partial charge in [-0.25, -0.2) is 4.90 Å². The monoisotopic (exact) mass is 500 g/mol. The molecule has 2 aromatic rings. The number of benzene rings is 2. The zero-order valence-corrected chi connectivity index (χ0v) is 20.9. The molecule has 2 aromatic carbocycles. The number of phenolic OH excluding ortho intramolecular Hbond substituents is 1. The number of nitrogens with zero attached hydrogens (tertiary/aromatic N) is 2. The van der Waals surface area contributed by atoms with Crippen LogP contribution in [0.2, 0.25) is 0 Å². The van der Waals surface area contributed by atoms with Gasteiger partial charge in [-0.05, 0) is 55.5 Å². The van der Waals surface area contributed by atoms with Crippen molar-refractivity contribution in [3.05, 3.63) is 65.7 Å². The Morgan fingerprint density at radius 1 is 0.973 bits per heavy atom. The Morgan fingerprint density at radius 3 is 2.38 bits per heavy atom. The molecule has 0 unspecified atom stereocenters. The zero-order valence-electron chi connectivity index (χ0n) is 20.9.